The van der Waals surface area contributed by atoms with Crippen molar-refractivity contribution in [1.82, 2.24) is 4.90 Å². The maximum atomic E-state index is 5.18. The van der Waals surface area contributed by atoms with Gasteiger partial charge in [-0.15, -0.1) is 0 Å². The van der Waals surface area contributed by atoms with Crippen molar-refractivity contribution in [3.05, 3.63) is 0 Å². The summed E-state index contributed by atoms with van der Waals surface area (Å²) in [6.45, 7) is 4.76. The highest BCUT2D eigenvalue weighted by Crippen LogP contribution is 2.16. The lowest BCUT2D eigenvalue weighted by Crippen LogP contribution is -2.22. The molecule has 3 heteroatoms. The summed E-state index contributed by atoms with van der Waals surface area (Å²) in [5.41, 5.74) is 0. The monoisotopic (exact) mass is 263 g/mol. The van der Waals surface area contributed by atoms with Crippen molar-refractivity contribution in [3.63, 3.8) is 0 Å². The largest absolute Gasteiger partial charge is 0.384 e. The lowest BCUT2D eigenvalue weighted by atomic mass is 10.1. The van der Waals surface area contributed by atoms with E-state index in [4.69, 9.17) is 4.74 Å². The van der Waals surface area contributed by atoms with Crippen molar-refractivity contribution in [2.45, 2.75) is 25.7 Å². The van der Waals surface area contributed by atoms with Gasteiger partial charge < -0.3 is 9.64 Å². The molecule has 1 rings (SSSR count). The van der Waals surface area contributed by atoms with E-state index in [0.717, 1.165) is 17.9 Å². The first kappa shape index (κ1) is 12.5. The highest BCUT2D eigenvalue weighted by Gasteiger charge is 2.21. The summed E-state index contributed by atoms with van der Waals surface area (Å²) in [6, 6.07) is 0. The first-order valence-electron chi connectivity index (χ1n) is 5.64. The molecule has 0 amide bonds. The van der Waals surface area contributed by atoms with Gasteiger partial charge in [0.15, 0.2) is 0 Å². The Balaban J connectivity index is 1.98. The van der Waals surface area contributed by atoms with Crippen molar-refractivity contribution in [1.29, 1.82) is 0 Å². The number of likely N-dealkylation sites (tertiary alicyclic amines) is 1. The van der Waals surface area contributed by atoms with Crippen LogP contribution in [0.4, 0.5) is 0 Å². The van der Waals surface area contributed by atoms with Crippen LogP contribution in [0, 0.1) is 5.92 Å². The van der Waals surface area contributed by atoms with Crippen LogP contribution >= 0.6 is 15.9 Å². The minimum atomic E-state index is 0.788. The van der Waals surface area contributed by atoms with Gasteiger partial charge in [0.2, 0.25) is 0 Å². The maximum absolute atomic E-state index is 5.18. The number of halogens is 1. The van der Waals surface area contributed by atoms with Crippen LogP contribution in [0.3, 0.4) is 0 Å². The Morgan fingerprint density at radius 1 is 1.36 bits per heavy atom. The van der Waals surface area contributed by atoms with Crippen LogP contribution in [0.15, 0.2) is 0 Å². The highest BCUT2D eigenvalue weighted by molar-refractivity contribution is 9.09. The zero-order valence-electron chi connectivity index (χ0n) is 9.17. The molecule has 14 heavy (non-hydrogen) atoms. The molecular weight excluding hydrogens is 242 g/mol. The van der Waals surface area contributed by atoms with Gasteiger partial charge in [-0.1, -0.05) is 22.4 Å². The smallest absolute Gasteiger partial charge is 0.0503 e. The average Bonchev–Trinajstić information content (AvgIpc) is 2.61. The van der Waals surface area contributed by atoms with Gasteiger partial charge in [0.25, 0.3) is 0 Å². The van der Waals surface area contributed by atoms with Crippen LogP contribution in [0.25, 0.3) is 0 Å². The molecule has 1 unspecified atom stereocenters. The Kier molecular flexibility index (Phi) is 6.82. The van der Waals surface area contributed by atoms with Gasteiger partial charge in [0.05, 0.1) is 6.61 Å². The van der Waals surface area contributed by atoms with E-state index >= 15 is 0 Å². The van der Waals surface area contributed by atoms with Gasteiger partial charge in [-0.05, 0) is 38.3 Å². The summed E-state index contributed by atoms with van der Waals surface area (Å²) in [5.74, 6) is 0.788. The van der Waals surface area contributed by atoms with Gasteiger partial charge in [-0.3, -0.25) is 0 Å². The quantitative estimate of drug-likeness (QED) is 0.517. The van der Waals surface area contributed by atoms with Crippen LogP contribution in [-0.4, -0.2) is 43.6 Å². The number of alkyl halides is 1. The zero-order valence-corrected chi connectivity index (χ0v) is 10.8. The Hall–Kier alpha value is 0.400. The number of hydrogen-bond acceptors (Lipinski definition) is 2. The van der Waals surface area contributed by atoms with E-state index in [1.807, 2.05) is 0 Å². The predicted molar refractivity (Wildman–Crippen MR) is 64.1 cm³/mol. The number of unbranched alkanes of at least 4 members (excludes halogenated alkanes) is 2. The molecule has 0 spiro atoms. The predicted octanol–water partition coefficient (Wildman–Crippen LogP) is 2.52. The van der Waals surface area contributed by atoms with Crippen LogP contribution in [0.1, 0.15) is 25.7 Å². The number of hydrogen-bond donors (Lipinski definition) is 0. The van der Waals surface area contributed by atoms with E-state index in [-0.39, 0.29) is 0 Å². The summed E-state index contributed by atoms with van der Waals surface area (Å²) in [6.07, 6.45) is 5.35. The maximum Gasteiger partial charge on any atom is 0.0503 e. The molecule has 0 aromatic heterocycles. The zero-order chi connectivity index (χ0) is 10.2. The van der Waals surface area contributed by atoms with E-state index < -0.39 is 0 Å². The number of nitrogens with zero attached hydrogens (tertiary/aromatic N) is 1. The second-order valence-electron chi connectivity index (χ2n) is 4.16. The van der Waals surface area contributed by atoms with Crippen molar-refractivity contribution in [3.8, 4) is 0 Å². The third kappa shape index (κ3) is 4.76. The van der Waals surface area contributed by atoms with Crippen molar-refractivity contribution < 1.29 is 4.74 Å². The number of ether oxygens (including phenoxy) is 1. The van der Waals surface area contributed by atoms with E-state index in [2.05, 4.69) is 20.8 Å². The molecule has 1 heterocycles. The summed E-state index contributed by atoms with van der Waals surface area (Å²) in [4.78, 5) is 2.58. The molecule has 1 saturated heterocycles. The first-order valence-corrected chi connectivity index (χ1v) is 6.76. The van der Waals surface area contributed by atoms with E-state index in [1.54, 1.807) is 7.11 Å². The molecular formula is C11H22BrNO. The molecule has 0 N–H and O–H groups in total. The fraction of sp³-hybridized carbons (Fsp3) is 1.00. The molecule has 0 radical (unpaired) electrons. The molecule has 2 nitrogen and oxygen atoms in total. The fourth-order valence-corrected chi connectivity index (χ4v) is 2.49. The topological polar surface area (TPSA) is 12.5 Å². The number of rotatable bonds is 7. The van der Waals surface area contributed by atoms with Gasteiger partial charge in [-0.2, -0.15) is 0 Å². The molecule has 0 aromatic rings. The first-order chi connectivity index (χ1) is 6.86. The molecule has 0 aromatic carbocycles. The summed E-state index contributed by atoms with van der Waals surface area (Å²) < 4.78 is 5.18. The second-order valence-corrected chi connectivity index (χ2v) is 4.95. The van der Waals surface area contributed by atoms with E-state index in [1.165, 1.54) is 45.3 Å². The molecule has 0 saturated carbocycles. The molecule has 1 aliphatic rings. The number of methoxy groups -OCH3 is 1. The van der Waals surface area contributed by atoms with Crippen molar-refractivity contribution in [2.24, 2.45) is 5.92 Å². The van der Waals surface area contributed by atoms with Gasteiger partial charge in [0.1, 0.15) is 0 Å². The minimum absolute atomic E-state index is 0.788. The van der Waals surface area contributed by atoms with Crippen LogP contribution in [-0.2, 0) is 4.74 Å². The van der Waals surface area contributed by atoms with Crippen molar-refractivity contribution in [2.75, 3.05) is 38.7 Å². The summed E-state index contributed by atoms with van der Waals surface area (Å²) in [5, 5.41) is 1.15. The van der Waals surface area contributed by atoms with Crippen LogP contribution in [0.2, 0.25) is 0 Å². The standard InChI is InChI=1S/C11H22BrNO/c1-14-10-11-5-8-13(9-11)7-4-2-3-6-12/h11H,2-10H2,1H3. The highest BCUT2D eigenvalue weighted by atomic mass is 79.9. The Labute approximate surface area is 96.1 Å². The van der Waals surface area contributed by atoms with Crippen LogP contribution in [0.5, 0.6) is 0 Å². The lowest BCUT2D eigenvalue weighted by molar-refractivity contribution is 0.153. The normalized spacial score (nSPS) is 23.1. The summed E-state index contributed by atoms with van der Waals surface area (Å²) in [7, 11) is 1.80. The Morgan fingerprint density at radius 3 is 2.93 bits per heavy atom. The molecule has 0 bridgehead atoms. The molecule has 1 aliphatic heterocycles. The SMILES string of the molecule is COCC1CCN(CCCCCBr)C1. The summed E-state index contributed by atoms with van der Waals surface area (Å²) >= 11 is 3.46. The molecule has 0 aliphatic carbocycles. The third-order valence-electron chi connectivity index (χ3n) is 2.88. The van der Waals surface area contributed by atoms with Gasteiger partial charge in [-0.25, -0.2) is 0 Å². The molecule has 1 fully saturated rings. The van der Waals surface area contributed by atoms with Gasteiger partial charge in [0, 0.05) is 19.0 Å². The average molecular weight is 264 g/mol. The van der Waals surface area contributed by atoms with E-state index in [0.29, 0.717) is 0 Å². The van der Waals surface area contributed by atoms with Crippen molar-refractivity contribution >= 4 is 15.9 Å². The Morgan fingerprint density at radius 2 is 2.21 bits per heavy atom. The minimum Gasteiger partial charge on any atom is -0.384 e. The lowest BCUT2D eigenvalue weighted by Gasteiger charge is -2.15. The second kappa shape index (κ2) is 7.66. The van der Waals surface area contributed by atoms with Gasteiger partial charge >= 0.3 is 0 Å². The molecule has 1 atom stereocenters. The Bertz CT molecular complexity index is 143. The fourth-order valence-electron chi connectivity index (χ4n) is 2.09. The van der Waals surface area contributed by atoms with Crippen LogP contribution < -0.4 is 0 Å². The van der Waals surface area contributed by atoms with E-state index in [9.17, 15) is 0 Å². The third-order valence-corrected chi connectivity index (χ3v) is 3.44. The molecule has 84 valence electrons.